The van der Waals surface area contributed by atoms with Crippen molar-refractivity contribution < 1.29 is 190 Å². The Bertz CT molecular complexity index is 2350. The zero-order valence-corrected chi connectivity index (χ0v) is 44.7. The second-order valence-electron chi connectivity index (χ2n) is 18.5. The van der Waals surface area contributed by atoms with Crippen molar-refractivity contribution in [2.24, 2.45) is 0 Å². The molecule has 0 aliphatic heterocycles. The van der Waals surface area contributed by atoms with Crippen LogP contribution in [0, 0.1) is 0 Å². The van der Waals surface area contributed by atoms with Crippen molar-refractivity contribution in [2.45, 2.75) is 172 Å². The van der Waals surface area contributed by atoms with Gasteiger partial charge in [0, 0.05) is 6.92 Å². The minimum absolute atomic E-state index is 0.00754. The van der Waals surface area contributed by atoms with E-state index in [1.54, 1.807) is 0 Å². The molecule has 87 heavy (non-hydrogen) atoms. The van der Waals surface area contributed by atoms with Crippen LogP contribution in [0.25, 0.3) is 0 Å². The molecule has 0 saturated carbocycles. The third-order valence-corrected chi connectivity index (χ3v) is 27.3. The maximum atomic E-state index is 15.5. The molecule has 0 aromatic heterocycles. The van der Waals surface area contributed by atoms with Crippen LogP contribution in [0.4, 0.5) is 182 Å². The predicted molar refractivity (Wildman–Crippen MR) is 213 cm³/mol. The van der Waals surface area contributed by atoms with Gasteiger partial charge in [0.25, 0.3) is 0 Å². The average Bonchev–Trinajstić information content (AvgIpc) is 0.839. The number of esters is 1. The van der Waals surface area contributed by atoms with Gasteiger partial charge in [-0.25, -0.2) is 4.79 Å². The van der Waals surface area contributed by atoms with Crippen LogP contribution in [-0.2, 0) is 14.3 Å². The molecule has 7 nitrogen and oxygen atoms in total. The van der Waals surface area contributed by atoms with Gasteiger partial charge in [-0.05, 0) is 0 Å². The SMILES string of the molecule is COC(=O)C(CCCCNC(=O)Nc1ccc[c]([Sn]([CH2]CC(F)(F)C(F)(F)C(F)(F)C(F)(F)C(F)(F)C(F)(F)F)([CH2]CC(F)(F)C(F)(F)C(F)(F)C(F)(F)C(F)(F)C(F)(F)F)[CH2]CC(F)(F)C(F)(F)C(F)(F)C(F)(F)C(F)(F)C(F)(F)F)c1)NC(C)=O. The van der Waals surface area contributed by atoms with Crippen LogP contribution in [0.15, 0.2) is 24.3 Å². The molecule has 0 radical (unpaired) electrons. The second-order valence-corrected chi connectivity index (χ2v) is 31.8. The Morgan fingerprint density at radius 2 is 0.736 bits per heavy atom. The molecule has 1 unspecified atom stereocenters. The van der Waals surface area contributed by atoms with Gasteiger partial charge in [-0.1, -0.05) is 0 Å². The molecule has 0 heterocycles. The minimum Gasteiger partial charge on any atom is -0.275 e. The van der Waals surface area contributed by atoms with Crippen LogP contribution >= 0.6 is 0 Å². The fraction of sp³-hybridized carbons (Fsp3) is 0.775. The van der Waals surface area contributed by atoms with Gasteiger partial charge in [0.1, 0.15) is 0 Å². The summed E-state index contributed by atoms with van der Waals surface area (Å²) in [7, 11) is 0.829. The van der Waals surface area contributed by atoms with Crippen LogP contribution in [0.1, 0.15) is 45.4 Å². The van der Waals surface area contributed by atoms with E-state index in [1.165, 1.54) is 5.32 Å². The fourth-order valence-corrected chi connectivity index (χ4v) is 21.3. The first kappa shape index (κ1) is 80.5. The van der Waals surface area contributed by atoms with Crippen LogP contribution in [0.2, 0.25) is 13.3 Å². The van der Waals surface area contributed by atoms with E-state index >= 15 is 52.7 Å². The normalized spacial score (nSPS) is 15.7. The number of nitrogens with one attached hydrogen (secondary N) is 3. The van der Waals surface area contributed by atoms with Crippen molar-refractivity contribution in [3.05, 3.63) is 24.3 Å². The van der Waals surface area contributed by atoms with E-state index in [1.807, 2.05) is 5.32 Å². The summed E-state index contributed by atoms with van der Waals surface area (Å²) < 4.78 is 544. The maximum absolute atomic E-state index is 15.5. The average molecular weight is 1480 g/mol. The van der Waals surface area contributed by atoms with Crippen LogP contribution in [0.5, 0.6) is 0 Å². The van der Waals surface area contributed by atoms with Crippen LogP contribution < -0.4 is 19.5 Å². The van der Waals surface area contributed by atoms with Gasteiger partial charge in [0.2, 0.25) is 5.91 Å². The van der Waals surface area contributed by atoms with E-state index < -0.39 is 198 Å². The topological polar surface area (TPSA) is 96.5 Å². The summed E-state index contributed by atoms with van der Waals surface area (Å²) in [6.45, 7) is 0.198. The number of ether oxygens (including phenoxy) is 1. The number of hydrogen-bond acceptors (Lipinski definition) is 4. The molecule has 0 bridgehead atoms. The van der Waals surface area contributed by atoms with Gasteiger partial charge in [-0.2, -0.15) is 0 Å². The van der Waals surface area contributed by atoms with Gasteiger partial charge >= 0.3 is 428 Å². The molecule has 0 fully saturated rings. The zero-order chi connectivity index (χ0) is 69.7. The van der Waals surface area contributed by atoms with Gasteiger partial charge in [0.05, 0.1) is 7.11 Å². The summed E-state index contributed by atoms with van der Waals surface area (Å²) in [6, 6.07) is -3.55. The third-order valence-electron chi connectivity index (χ3n) is 12.5. The molecule has 3 amide bonds. The number of benzene rings is 1. The van der Waals surface area contributed by atoms with Gasteiger partial charge < -0.3 is 4.74 Å². The van der Waals surface area contributed by atoms with E-state index in [9.17, 15) is 133 Å². The number of rotatable bonds is 30. The summed E-state index contributed by atoms with van der Waals surface area (Å²) in [5.74, 6) is -131. The van der Waals surface area contributed by atoms with Gasteiger partial charge in [-0.3, -0.25) is 4.79 Å². The molecular formula is C40H34F39N3O4Sn. The number of alkyl halides is 39. The van der Waals surface area contributed by atoms with Crippen molar-refractivity contribution in [3.8, 4) is 0 Å². The van der Waals surface area contributed by atoms with Crippen molar-refractivity contribution in [2.75, 3.05) is 19.0 Å². The summed E-state index contributed by atoms with van der Waals surface area (Å²) in [4.78, 5) is 36.0. The van der Waals surface area contributed by atoms with Gasteiger partial charge in [-0.15, -0.1) is 0 Å². The first-order valence-corrected chi connectivity index (χ1v) is 29.9. The van der Waals surface area contributed by atoms with Crippen LogP contribution in [0.3, 0.4) is 0 Å². The van der Waals surface area contributed by atoms with E-state index in [4.69, 9.17) is 0 Å². The first-order valence-electron chi connectivity index (χ1n) is 22.4. The molecule has 0 saturated heterocycles. The van der Waals surface area contributed by atoms with Crippen LogP contribution in [-0.4, -0.2) is 163 Å². The number of hydrogen-bond donors (Lipinski definition) is 3. The number of carbonyl (C=O) groups excluding carboxylic acids is 3. The number of unbranched alkanes of at least 4 members (excludes halogenated alkanes) is 1. The Morgan fingerprint density at radius 3 is 1.01 bits per heavy atom. The standard InChI is InChI=1S/C16H22N3O4.3C8H4F13.Sn/c1-12(20)18-14(15(21)23-2)10-6-7-11-17-16(22)19-13-8-4-3-5-9-13;3*1-2-3(9,10)4(11,12)5(13,14)6(15,16)7(17,18)8(19,20)21;/h3-4,8-9,14H,6-7,10-11H2,1-2H3,(H,18,20)(H2,17,19,22);3*1-2H2;. The van der Waals surface area contributed by atoms with Crippen molar-refractivity contribution >= 4 is 45.6 Å². The first-order chi connectivity index (χ1) is 38.0. The number of urea groups is 1. The Hall–Kier alpha value is -4.50. The molecule has 1 aromatic carbocycles. The summed E-state index contributed by atoms with van der Waals surface area (Å²) >= 11 is -8.57. The Balaban J connectivity index is 4.60. The summed E-state index contributed by atoms with van der Waals surface area (Å²) in [5.41, 5.74) is -1.39. The summed E-state index contributed by atoms with van der Waals surface area (Å²) in [5, 5.41) is 5.41. The quantitative estimate of drug-likeness (QED) is 0.0309. The molecule has 0 spiro atoms. The number of anilines is 1. The van der Waals surface area contributed by atoms with E-state index in [0.29, 0.717) is 0 Å². The second kappa shape index (κ2) is 24.9. The molecule has 510 valence electrons. The summed E-state index contributed by atoms with van der Waals surface area (Å²) in [6.07, 6.45) is -38.0. The van der Waals surface area contributed by atoms with E-state index in [-0.39, 0.29) is 43.5 Å². The van der Waals surface area contributed by atoms with Gasteiger partial charge in [0.15, 0.2) is 0 Å². The Labute approximate surface area is 461 Å². The van der Waals surface area contributed by atoms with Crippen molar-refractivity contribution in [1.29, 1.82) is 0 Å². The predicted octanol–water partition coefficient (Wildman–Crippen LogP) is 15.7. The van der Waals surface area contributed by atoms with E-state index in [2.05, 4.69) is 10.1 Å². The molecule has 0 aliphatic rings. The molecule has 47 heteroatoms. The number of amides is 3. The minimum atomic E-state index is -8.97. The van der Waals surface area contributed by atoms with Crippen molar-refractivity contribution in [3.63, 3.8) is 0 Å². The third kappa shape index (κ3) is 14.3. The molecular weight excluding hydrogens is 1450 g/mol. The Morgan fingerprint density at radius 1 is 0.437 bits per heavy atom. The molecule has 1 aromatic rings. The monoisotopic (exact) mass is 1480 g/mol. The molecule has 3 N–H and O–H groups in total. The Kier molecular flexibility index (Phi) is 23.1. The number of carbonyl (C=O) groups is 3. The van der Waals surface area contributed by atoms with E-state index in [0.717, 1.165) is 14.0 Å². The number of methoxy groups -OCH3 is 1. The van der Waals surface area contributed by atoms with Crippen molar-refractivity contribution in [1.82, 2.24) is 10.6 Å². The zero-order valence-electron chi connectivity index (χ0n) is 41.8. The smallest absolute Gasteiger partial charge is 0.275 e. The fourth-order valence-electron chi connectivity index (χ4n) is 7.29. The molecule has 0 aliphatic carbocycles. The molecule has 1 atom stereocenters. The molecule has 1 rings (SSSR count). The number of halogens is 39.